The second-order valence-corrected chi connectivity index (χ2v) is 10.2. The lowest BCUT2D eigenvalue weighted by Gasteiger charge is -2.33. The summed E-state index contributed by atoms with van der Waals surface area (Å²) in [6.07, 6.45) is -0.197. The molecule has 0 radical (unpaired) electrons. The van der Waals surface area contributed by atoms with Gasteiger partial charge in [-0.25, -0.2) is 0 Å². The maximum absolute atomic E-state index is 12.8. The molecule has 0 spiro atoms. The number of hydrogen-bond acceptors (Lipinski definition) is 5. The van der Waals surface area contributed by atoms with Gasteiger partial charge >= 0.3 is 5.97 Å². The van der Waals surface area contributed by atoms with Crippen molar-refractivity contribution in [2.24, 2.45) is 24.3 Å². The van der Waals surface area contributed by atoms with Crippen molar-refractivity contribution in [2.45, 2.75) is 47.1 Å². The Morgan fingerprint density at radius 3 is 2.40 bits per heavy atom. The fraction of sp³-hybridized carbons (Fsp3) is 0.483. The molecule has 2 unspecified atom stereocenters. The highest BCUT2D eigenvalue weighted by molar-refractivity contribution is 5.88. The Morgan fingerprint density at radius 2 is 1.77 bits per heavy atom. The van der Waals surface area contributed by atoms with E-state index in [1.165, 1.54) is 0 Å². The molecular weight excluding hydrogens is 442 g/mol. The standard InChI is InChI=1S/C29H39NO5/c1-19(2)16-29(5,20(3)4)28(32)35-18-22(31)17-34-23-12-13-24(27(15-23)33-7)26-14-21-10-8-9-11-25(21)30(26)6/h8-15,19-20,22,31H,16-18H2,1-7H3. The van der Waals surface area contributed by atoms with E-state index in [1.54, 1.807) is 7.11 Å². The lowest BCUT2D eigenvalue weighted by Crippen LogP contribution is -2.38. The smallest absolute Gasteiger partial charge is 0.312 e. The highest BCUT2D eigenvalue weighted by atomic mass is 16.5. The maximum atomic E-state index is 12.8. The van der Waals surface area contributed by atoms with Crippen molar-refractivity contribution in [2.75, 3.05) is 20.3 Å². The second kappa shape index (κ2) is 11.2. The number of rotatable bonds is 11. The minimum absolute atomic E-state index is 0.00634. The Kier molecular flexibility index (Phi) is 8.49. The van der Waals surface area contributed by atoms with Gasteiger partial charge in [-0.15, -0.1) is 0 Å². The number of fused-ring (bicyclic) bond motifs is 1. The van der Waals surface area contributed by atoms with Gasteiger partial charge < -0.3 is 23.9 Å². The molecule has 1 N–H and O–H groups in total. The minimum atomic E-state index is -0.932. The van der Waals surface area contributed by atoms with E-state index in [2.05, 4.69) is 36.6 Å². The summed E-state index contributed by atoms with van der Waals surface area (Å²) < 4.78 is 19.1. The number of nitrogens with zero attached hydrogens (tertiary/aromatic N) is 1. The van der Waals surface area contributed by atoms with Crippen molar-refractivity contribution >= 4 is 16.9 Å². The molecule has 3 aromatic rings. The predicted molar refractivity (Wildman–Crippen MR) is 140 cm³/mol. The maximum Gasteiger partial charge on any atom is 0.312 e. The fourth-order valence-electron chi connectivity index (χ4n) is 4.50. The van der Waals surface area contributed by atoms with Crippen molar-refractivity contribution < 1.29 is 24.1 Å². The van der Waals surface area contributed by atoms with Crippen molar-refractivity contribution in [3.63, 3.8) is 0 Å². The Balaban J connectivity index is 1.64. The fourth-order valence-corrected chi connectivity index (χ4v) is 4.50. The normalized spacial score (nSPS) is 14.2. The van der Waals surface area contributed by atoms with Crippen LogP contribution in [0.1, 0.15) is 41.0 Å². The number of methoxy groups -OCH3 is 1. The van der Waals surface area contributed by atoms with Gasteiger partial charge in [0.1, 0.15) is 30.8 Å². The van der Waals surface area contributed by atoms with E-state index in [0.717, 1.165) is 28.6 Å². The zero-order chi connectivity index (χ0) is 25.8. The van der Waals surface area contributed by atoms with Crippen molar-refractivity contribution in [3.05, 3.63) is 48.5 Å². The van der Waals surface area contributed by atoms with E-state index in [9.17, 15) is 9.90 Å². The molecule has 2 aromatic carbocycles. The Labute approximate surface area is 208 Å². The molecule has 0 saturated carbocycles. The third kappa shape index (κ3) is 5.99. The van der Waals surface area contributed by atoms with Crippen molar-refractivity contribution in [1.82, 2.24) is 4.57 Å². The van der Waals surface area contributed by atoms with Gasteiger partial charge in [0.25, 0.3) is 0 Å². The van der Waals surface area contributed by atoms with Crippen LogP contribution in [0.5, 0.6) is 11.5 Å². The summed E-state index contributed by atoms with van der Waals surface area (Å²) in [4.78, 5) is 12.8. The molecule has 6 nitrogen and oxygen atoms in total. The van der Waals surface area contributed by atoms with Crippen LogP contribution in [0.3, 0.4) is 0 Å². The summed E-state index contributed by atoms with van der Waals surface area (Å²) in [6.45, 7) is 10.1. The van der Waals surface area contributed by atoms with Crippen LogP contribution in [0.15, 0.2) is 48.5 Å². The number of carbonyl (C=O) groups is 1. The van der Waals surface area contributed by atoms with E-state index in [-0.39, 0.29) is 25.1 Å². The highest BCUT2D eigenvalue weighted by Crippen LogP contribution is 2.37. The molecule has 0 aliphatic carbocycles. The number of aryl methyl sites for hydroxylation is 1. The van der Waals surface area contributed by atoms with Gasteiger partial charge in [-0.3, -0.25) is 4.79 Å². The Hall–Kier alpha value is -2.99. The van der Waals surface area contributed by atoms with E-state index < -0.39 is 11.5 Å². The molecule has 35 heavy (non-hydrogen) atoms. The van der Waals surface area contributed by atoms with Crippen molar-refractivity contribution in [1.29, 1.82) is 0 Å². The number of benzene rings is 2. The topological polar surface area (TPSA) is 69.9 Å². The van der Waals surface area contributed by atoms with E-state index >= 15 is 0 Å². The average molecular weight is 482 g/mol. The number of para-hydroxylation sites is 1. The van der Waals surface area contributed by atoms with Gasteiger partial charge in [-0.05, 0) is 49.4 Å². The number of aliphatic hydroxyl groups excluding tert-OH is 1. The molecular formula is C29H39NO5. The summed E-state index contributed by atoms with van der Waals surface area (Å²) in [5, 5.41) is 11.5. The molecule has 0 aliphatic rings. The SMILES string of the molecule is COc1cc(OCC(O)COC(=O)C(C)(CC(C)C)C(C)C)ccc1-c1cc2ccccc2n1C. The Morgan fingerprint density at radius 1 is 1.06 bits per heavy atom. The lowest BCUT2D eigenvalue weighted by atomic mass is 9.73. The van der Waals surface area contributed by atoms with Gasteiger partial charge in [-0.2, -0.15) is 0 Å². The van der Waals surface area contributed by atoms with Crippen LogP contribution >= 0.6 is 0 Å². The second-order valence-electron chi connectivity index (χ2n) is 10.2. The number of carbonyl (C=O) groups excluding carboxylic acids is 1. The molecule has 1 heterocycles. The molecule has 0 saturated heterocycles. The minimum Gasteiger partial charge on any atom is -0.496 e. The number of hydrogen-bond donors (Lipinski definition) is 1. The van der Waals surface area contributed by atoms with Gasteiger partial charge in [0, 0.05) is 29.6 Å². The zero-order valence-corrected chi connectivity index (χ0v) is 22.0. The van der Waals surface area contributed by atoms with Gasteiger partial charge in [0.2, 0.25) is 0 Å². The molecule has 3 rings (SSSR count). The summed E-state index contributed by atoms with van der Waals surface area (Å²) >= 11 is 0. The predicted octanol–water partition coefficient (Wildman–Crippen LogP) is 5.85. The van der Waals surface area contributed by atoms with E-state index in [0.29, 0.717) is 17.4 Å². The van der Waals surface area contributed by atoms with E-state index in [4.69, 9.17) is 14.2 Å². The molecule has 0 aliphatic heterocycles. The number of aromatic nitrogens is 1. The first-order valence-electron chi connectivity index (χ1n) is 12.3. The summed E-state index contributed by atoms with van der Waals surface area (Å²) in [5.74, 6) is 1.48. The third-order valence-electron chi connectivity index (χ3n) is 6.82. The summed E-state index contributed by atoms with van der Waals surface area (Å²) in [5.41, 5.74) is 2.55. The first kappa shape index (κ1) is 26.6. The molecule has 190 valence electrons. The Bertz CT molecular complexity index is 1150. The number of ether oxygens (including phenoxy) is 3. The van der Waals surface area contributed by atoms with Crippen LogP contribution in [-0.4, -0.2) is 42.1 Å². The molecule has 0 fully saturated rings. The monoisotopic (exact) mass is 481 g/mol. The quantitative estimate of drug-likeness (QED) is 0.348. The van der Waals surface area contributed by atoms with E-state index in [1.807, 2.05) is 58.2 Å². The van der Waals surface area contributed by atoms with Crippen LogP contribution in [0.25, 0.3) is 22.2 Å². The lowest BCUT2D eigenvalue weighted by molar-refractivity contribution is -0.162. The van der Waals surface area contributed by atoms with Gasteiger partial charge in [0.15, 0.2) is 0 Å². The first-order valence-corrected chi connectivity index (χ1v) is 12.3. The van der Waals surface area contributed by atoms with Crippen LogP contribution in [0, 0.1) is 17.3 Å². The molecule has 2 atom stereocenters. The summed E-state index contributed by atoms with van der Waals surface area (Å²) in [7, 11) is 3.66. The van der Waals surface area contributed by atoms with Crippen LogP contribution in [-0.2, 0) is 16.6 Å². The van der Waals surface area contributed by atoms with Crippen LogP contribution in [0.4, 0.5) is 0 Å². The summed E-state index contributed by atoms with van der Waals surface area (Å²) in [6, 6.07) is 16.0. The van der Waals surface area contributed by atoms with Crippen LogP contribution < -0.4 is 9.47 Å². The largest absolute Gasteiger partial charge is 0.496 e. The molecule has 1 aromatic heterocycles. The van der Waals surface area contributed by atoms with Crippen molar-refractivity contribution in [3.8, 4) is 22.8 Å². The van der Waals surface area contributed by atoms with Gasteiger partial charge in [0.05, 0.1) is 18.2 Å². The number of esters is 1. The molecule has 0 amide bonds. The zero-order valence-electron chi connectivity index (χ0n) is 22.0. The highest BCUT2D eigenvalue weighted by Gasteiger charge is 2.38. The van der Waals surface area contributed by atoms with Gasteiger partial charge in [-0.1, -0.05) is 45.9 Å². The molecule has 0 bridgehead atoms. The first-order chi connectivity index (χ1) is 16.6. The molecule has 6 heteroatoms. The third-order valence-corrected chi connectivity index (χ3v) is 6.82. The van der Waals surface area contributed by atoms with Crippen LogP contribution in [0.2, 0.25) is 0 Å². The average Bonchev–Trinajstić information content (AvgIpc) is 3.16. The number of aliphatic hydroxyl groups is 1.